The average Bonchev–Trinajstić information content (AvgIpc) is 2.17. The second kappa shape index (κ2) is 2.88. The first-order valence-corrected chi connectivity index (χ1v) is 3.29. The third kappa shape index (κ3) is 1.18. The van der Waals surface area contributed by atoms with E-state index in [0.717, 1.165) is 0 Å². The molecule has 1 aliphatic heterocycles. The molecule has 4 atom stereocenters. The molecule has 0 unspecified atom stereocenters. The van der Waals surface area contributed by atoms with Crippen LogP contribution in [-0.4, -0.2) is 54.1 Å². The Morgan fingerprint density at radius 3 is 2.10 bits per heavy atom. The molecule has 0 aromatic rings. The first-order valence-electron chi connectivity index (χ1n) is 3.29. The number of rotatable bonds is 1. The number of ether oxygens (including phenoxy) is 1. The summed E-state index contributed by atoms with van der Waals surface area (Å²) in [6.07, 6.45) is -2.43. The highest BCUT2D eigenvalue weighted by Crippen LogP contribution is 2.18. The van der Waals surface area contributed by atoms with Gasteiger partial charge in [-0.25, -0.2) is 0 Å². The van der Waals surface area contributed by atoms with E-state index in [9.17, 15) is 0 Å². The van der Waals surface area contributed by atoms with E-state index < -0.39 is 18.3 Å². The minimum atomic E-state index is -0.944. The van der Waals surface area contributed by atoms with Crippen molar-refractivity contribution in [3.8, 4) is 0 Å². The van der Waals surface area contributed by atoms with E-state index >= 15 is 0 Å². The first-order chi connectivity index (χ1) is 4.66. The molecular formula is C5H11BO4. The SMILES string of the molecule is B[C@@H]1O[C@H](CO)[C@H](O)[C@@H]1O. The van der Waals surface area contributed by atoms with Crippen molar-refractivity contribution in [2.75, 3.05) is 6.61 Å². The van der Waals surface area contributed by atoms with Crippen molar-refractivity contribution in [3.05, 3.63) is 0 Å². The summed E-state index contributed by atoms with van der Waals surface area (Å²) in [6.45, 7) is -0.247. The topological polar surface area (TPSA) is 69.9 Å². The fourth-order valence-corrected chi connectivity index (χ4v) is 1.09. The molecule has 1 fully saturated rings. The van der Waals surface area contributed by atoms with E-state index in [1.807, 2.05) is 0 Å². The molecule has 0 aromatic heterocycles. The molecule has 1 rings (SSSR count). The lowest BCUT2D eigenvalue weighted by molar-refractivity contribution is -0.00875. The van der Waals surface area contributed by atoms with Gasteiger partial charge in [0.25, 0.3) is 0 Å². The van der Waals surface area contributed by atoms with Gasteiger partial charge in [0.05, 0.1) is 12.6 Å². The maximum atomic E-state index is 9.09. The van der Waals surface area contributed by atoms with Gasteiger partial charge in [0.2, 0.25) is 0 Å². The molecule has 0 spiro atoms. The van der Waals surface area contributed by atoms with Crippen LogP contribution in [0, 0.1) is 0 Å². The predicted molar refractivity (Wildman–Crippen MR) is 36.3 cm³/mol. The number of hydrogen-bond acceptors (Lipinski definition) is 4. The van der Waals surface area contributed by atoms with Crippen LogP contribution in [0.25, 0.3) is 0 Å². The Kier molecular flexibility index (Phi) is 2.30. The minimum absolute atomic E-state index is 0.247. The Morgan fingerprint density at radius 2 is 1.90 bits per heavy atom. The highest BCUT2D eigenvalue weighted by molar-refractivity contribution is 6.11. The largest absolute Gasteiger partial charge is 0.394 e. The summed E-state index contributed by atoms with van der Waals surface area (Å²) < 4.78 is 4.98. The monoisotopic (exact) mass is 146 g/mol. The second-order valence-corrected chi connectivity index (χ2v) is 2.54. The van der Waals surface area contributed by atoms with E-state index in [-0.39, 0.29) is 12.6 Å². The number of aliphatic hydroxyl groups is 3. The third-order valence-corrected chi connectivity index (χ3v) is 1.78. The normalized spacial score (nSPS) is 47.9. The molecule has 5 heteroatoms. The molecule has 10 heavy (non-hydrogen) atoms. The van der Waals surface area contributed by atoms with Crippen LogP contribution in [0.2, 0.25) is 0 Å². The predicted octanol–water partition coefficient (Wildman–Crippen LogP) is -2.94. The summed E-state index contributed by atoms with van der Waals surface area (Å²) in [6, 6.07) is -0.382. The molecule has 4 nitrogen and oxygen atoms in total. The number of hydrogen-bond donors (Lipinski definition) is 3. The van der Waals surface area contributed by atoms with Crippen molar-refractivity contribution in [2.45, 2.75) is 24.3 Å². The van der Waals surface area contributed by atoms with Gasteiger partial charge in [-0.1, -0.05) is 0 Å². The van der Waals surface area contributed by atoms with E-state index in [2.05, 4.69) is 0 Å². The zero-order valence-electron chi connectivity index (χ0n) is 5.77. The Morgan fingerprint density at radius 1 is 1.30 bits per heavy atom. The van der Waals surface area contributed by atoms with Gasteiger partial charge in [0.1, 0.15) is 26.2 Å². The molecule has 1 saturated heterocycles. The quantitative estimate of drug-likeness (QED) is 0.346. The highest BCUT2D eigenvalue weighted by Gasteiger charge is 2.39. The zero-order chi connectivity index (χ0) is 7.72. The van der Waals surface area contributed by atoms with Crippen molar-refractivity contribution >= 4 is 7.85 Å². The van der Waals surface area contributed by atoms with Gasteiger partial charge in [0.15, 0.2) is 0 Å². The van der Waals surface area contributed by atoms with Crippen LogP contribution in [0.5, 0.6) is 0 Å². The van der Waals surface area contributed by atoms with Gasteiger partial charge in [-0.15, -0.1) is 0 Å². The molecule has 0 aromatic carbocycles. The van der Waals surface area contributed by atoms with Gasteiger partial charge in [0, 0.05) is 0 Å². The van der Waals surface area contributed by atoms with Crippen LogP contribution in [-0.2, 0) is 4.74 Å². The fraction of sp³-hybridized carbons (Fsp3) is 1.00. The molecule has 0 amide bonds. The van der Waals surface area contributed by atoms with Crippen LogP contribution in [0.15, 0.2) is 0 Å². The molecule has 0 aliphatic carbocycles. The molecule has 0 radical (unpaired) electrons. The Bertz CT molecular complexity index is 120. The highest BCUT2D eigenvalue weighted by atomic mass is 16.5. The zero-order valence-corrected chi connectivity index (χ0v) is 5.77. The van der Waals surface area contributed by atoms with E-state index in [1.165, 1.54) is 0 Å². The van der Waals surface area contributed by atoms with Crippen molar-refractivity contribution in [3.63, 3.8) is 0 Å². The lowest BCUT2D eigenvalue weighted by atomic mass is 9.93. The second-order valence-electron chi connectivity index (χ2n) is 2.54. The standard InChI is InChI=1S/C5H11BO4/c6-5-4(9)3(8)2(1-7)10-5/h2-5,7-9H,1,6H2/t2-,3+,4+,5-/m1/s1. The van der Waals surface area contributed by atoms with E-state index in [4.69, 9.17) is 20.1 Å². The van der Waals surface area contributed by atoms with Gasteiger partial charge in [-0.05, 0) is 0 Å². The summed E-state index contributed by atoms with van der Waals surface area (Å²) in [5.74, 6) is 0. The maximum Gasteiger partial charge on any atom is 0.142 e. The lowest BCUT2D eigenvalue weighted by Crippen LogP contribution is -2.33. The molecule has 0 saturated carbocycles. The van der Waals surface area contributed by atoms with Crippen LogP contribution in [0.1, 0.15) is 0 Å². The first kappa shape index (κ1) is 8.01. The Balaban J connectivity index is 2.53. The molecule has 1 aliphatic rings. The van der Waals surface area contributed by atoms with Crippen molar-refractivity contribution < 1.29 is 20.1 Å². The fourth-order valence-electron chi connectivity index (χ4n) is 1.09. The number of aliphatic hydroxyl groups excluding tert-OH is 3. The van der Waals surface area contributed by atoms with Gasteiger partial charge in [-0.2, -0.15) is 0 Å². The Hall–Kier alpha value is -0.0951. The van der Waals surface area contributed by atoms with Gasteiger partial charge in [-0.3, -0.25) is 0 Å². The average molecular weight is 146 g/mol. The maximum absolute atomic E-state index is 9.09. The summed E-state index contributed by atoms with van der Waals surface area (Å²) in [5.41, 5.74) is 0. The lowest BCUT2D eigenvalue weighted by Gasteiger charge is -2.10. The van der Waals surface area contributed by atoms with Crippen LogP contribution in [0.3, 0.4) is 0 Å². The van der Waals surface area contributed by atoms with Crippen LogP contribution < -0.4 is 0 Å². The van der Waals surface area contributed by atoms with Gasteiger partial charge < -0.3 is 20.1 Å². The molecule has 3 N–H and O–H groups in total. The molecule has 58 valence electrons. The van der Waals surface area contributed by atoms with Crippen molar-refractivity contribution in [1.29, 1.82) is 0 Å². The molecule has 0 bridgehead atoms. The third-order valence-electron chi connectivity index (χ3n) is 1.78. The summed E-state index contributed by atoms with van der Waals surface area (Å²) in [4.78, 5) is 0. The van der Waals surface area contributed by atoms with Crippen LogP contribution >= 0.6 is 0 Å². The van der Waals surface area contributed by atoms with E-state index in [0.29, 0.717) is 0 Å². The van der Waals surface area contributed by atoms with Crippen molar-refractivity contribution in [1.82, 2.24) is 0 Å². The Labute approximate surface area is 59.8 Å². The van der Waals surface area contributed by atoms with Gasteiger partial charge >= 0.3 is 0 Å². The summed E-state index contributed by atoms with van der Waals surface area (Å²) in [7, 11) is 1.66. The van der Waals surface area contributed by atoms with Crippen LogP contribution in [0.4, 0.5) is 0 Å². The smallest absolute Gasteiger partial charge is 0.142 e. The molecule has 1 heterocycles. The van der Waals surface area contributed by atoms with E-state index in [1.54, 1.807) is 7.85 Å². The minimum Gasteiger partial charge on any atom is -0.394 e. The van der Waals surface area contributed by atoms with Crippen molar-refractivity contribution in [2.24, 2.45) is 0 Å². The summed E-state index contributed by atoms with van der Waals surface area (Å²) in [5, 5.41) is 26.8. The molecular weight excluding hydrogens is 135 g/mol. The summed E-state index contributed by atoms with van der Waals surface area (Å²) >= 11 is 0.